The molecule has 2 atom stereocenters. The topological polar surface area (TPSA) is 62.4 Å². The van der Waals surface area contributed by atoms with E-state index >= 15 is 0 Å². The van der Waals surface area contributed by atoms with Crippen LogP contribution in [0.25, 0.3) is 0 Å². The number of ether oxygens (including phenoxy) is 1. The van der Waals surface area contributed by atoms with Gasteiger partial charge in [-0.15, -0.1) is 24.8 Å². The van der Waals surface area contributed by atoms with Crippen molar-refractivity contribution < 1.29 is 9.53 Å². The van der Waals surface area contributed by atoms with Crippen molar-refractivity contribution in [2.24, 2.45) is 11.3 Å². The Kier molecular flexibility index (Phi) is 8.80. The molecule has 3 fully saturated rings. The molecule has 3 N–H and O–H groups in total. The molecule has 1 amide bonds. The average Bonchev–Trinajstić information content (AvgIpc) is 3.41. The minimum Gasteiger partial charge on any atom is -0.381 e. The summed E-state index contributed by atoms with van der Waals surface area (Å²) >= 11 is 0. The van der Waals surface area contributed by atoms with E-state index in [1.165, 1.54) is 5.56 Å². The monoisotopic (exact) mass is 443 g/mol. The molecule has 2 aliphatic heterocycles. The number of piperidine rings is 1. The quantitative estimate of drug-likeness (QED) is 0.631. The zero-order chi connectivity index (χ0) is 18.7. The van der Waals surface area contributed by atoms with Crippen LogP contribution in [0, 0.1) is 11.3 Å². The number of benzene rings is 1. The largest absolute Gasteiger partial charge is 0.381 e. The first-order valence-electron chi connectivity index (χ1n) is 10.5. The lowest BCUT2D eigenvalue weighted by Crippen LogP contribution is -2.57. The van der Waals surface area contributed by atoms with E-state index in [-0.39, 0.29) is 48.2 Å². The van der Waals surface area contributed by atoms with Gasteiger partial charge in [0.1, 0.15) is 0 Å². The molecule has 29 heavy (non-hydrogen) atoms. The molecular weight excluding hydrogens is 409 g/mol. The highest BCUT2D eigenvalue weighted by molar-refractivity contribution is 5.85. The van der Waals surface area contributed by atoms with Gasteiger partial charge in [0.2, 0.25) is 5.91 Å². The van der Waals surface area contributed by atoms with Crippen LogP contribution in [-0.4, -0.2) is 44.3 Å². The van der Waals surface area contributed by atoms with Crippen molar-refractivity contribution in [2.45, 2.75) is 50.6 Å². The first kappa shape index (κ1) is 24.4. The standard InChI is InChI=1S/C22H33N3O2.2ClH/c1-17(18-5-3-2-4-6-18)25-22(9-13-27-14-10-22)16-24-20(26)19-15-21(19)7-11-23-12-8-21;;/h2-6,17,19,23,25H,7-16H2,1H3,(H,24,26);2*1H. The molecule has 1 aromatic carbocycles. The predicted octanol–water partition coefficient (Wildman–Crippen LogP) is 3.24. The van der Waals surface area contributed by atoms with Crippen molar-refractivity contribution in [3.63, 3.8) is 0 Å². The van der Waals surface area contributed by atoms with Crippen molar-refractivity contribution in [1.29, 1.82) is 0 Å². The van der Waals surface area contributed by atoms with E-state index < -0.39 is 0 Å². The number of hydrogen-bond donors (Lipinski definition) is 3. The lowest BCUT2D eigenvalue weighted by molar-refractivity contribution is -0.124. The van der Waals surface area contributed by atoms with E-state index in [1.54, 1.807) is 0 Å². The maximum atomic E-state index is 12.8. The highest BCUT2D eigenvalue weighted by Crippen LogP contribution is 2.58. The summed E-state index contributed by atoms with van der Waals surface area (Å²) < 4.78 is 5.61. The Morgan fingerprint density at radius 3 is 2.45 bits per heavy atom. The van der Waals surface area contributed by atoms with Gasteiger partial charge in [0.05, 0.1) is 0 Å². The summed E-state index contributed by atoms with van der Waals surface area (Å²) in [7, 11) is 0. The Labute approximate surface area is 186 Å². The van der Waals surface area contributed by atoms with E-state index in [0.717, 1.165) is 58.4 Å². The highest BCUT2D eigenvalue weighted by Gasteiger charge is 2.57. The SMILES string of the molecule is CC(NC1(CNC(=O)C2CC23CCNCC3)CCOCC1)c1ccccc1.Cl.Cl. The molecule has 2 unspecified atom stereocenters. The predicted molar refractivity (Wildman–Crippen MR) is 121 cm³/mol. The fourth-order valence-electron chi connectivity index (χ4n) is 4.99. The van der Waals surface area contributed by atoms with Crippen LogP contribution in [-0.2, 0) is 9.53 Å². The highest BCUT2D eigenvalue weighted by atomic mass is 35.5. The third kappa shape index (κ3) is 5.65. The van der Waals surface area contributed by atoms with Gasteiger partial charge in [0, 0.05) is 37.3 Å². The average molecular weight is 444 g/mol. The Hall–Kier alpha value is -0.850. The summed E-state index contributed by atoms with van der Waals surface area (Å²) in [5.74, 6) is 0.486. The van der Waals surface area contributed by atoms with E-state index in [2.05, 4.69) is 47.1 Å². The van der Waals surface area contributed by atoms with Crippen LogP contribution in [0.15, 0.2) is 30.3 Å². The zero-order valence-electron chi connectivity index (χ0n) is 17.2. The fourth-order valence-corrected chi connectivity index (χ4v) is 4.99. The van der Waals surface area contributed by atoms with Crippen LogP contribution in [0.3, 0.4) is 0 Å². The number of hydrogen-bond acceptors (Lipinski definition) is 4. The summed E-state index contributed by atoms with van der Waals surface area (Å²) in [6, 6.07) is 10.8. The third-order valence-electron chi connectivity index (χ3n) is 6.98. The first-order chi connectivity index (χ1) is 13.1. The number of halogens is 2. The van der Waals surface area contributed by atoms with Crippen molar-refractivity contribution in [2.75, 3.05) is 32.8 Å². The second kappa shape index (κ2) is 10.5. The number of nitrogens with one attached hydrogen (secondary N) is 3. The van der Waals surface area contributed by atoms with Crippen LogP contribution in [0.4, 0.5) is 0 Å². The maximum Gasteiger partial charge on any atom is 0.223 e. The molecule has 1 aliphatic carbocycles. The van der Waals surface area contributed by atoms with Crippen LogP contribution in [0.2, 0.25) is 0 Å². The van der Waals surface area contributed by atoms with Gasteiger partial charge in [0.25, 0.3) is 0 Å². The van der Waals surface area contributed by atoms with Crippen LogP contribution in [0.1, 0.15) is 50.6 Å². The Bertz CT molecular complexity index is 647. The number of carbonyl (C=O) groups excluding carboxylic acids is 1. The summed E-state index contributed by atoms with van der Waals surface area (Å²) in [6.07, 6.45) is 5.24. The molecule has 2 heterocycles. The second-order valence-corrected chi connectivity index (χ2v) is 8.76. The van der Waals surface area contributed by atoms with Crippen LogP contribution < -0.4 is 16.0 Å². The van der Waals surface area contributed by atoms with Gasteiger partial charge in [-0.25, -0.2) is 0 Å². The molecule has 1 aromatic rings. The van der Waals surface area contributed by atoms with Gasteiger partial charge in [-0.2, -0.15) is 0 Å². The Morgan fingerprint density at radius 2 is 1.79 bits per heavy atom. The van der Waals surface area contributed by atoms with Gasteiger partial charge in [-0.1, -0.05) is 30.3 Å². The zero-order valence-corrected chi connectivity index (χ0v) is 18.9. The maximum absolute atomic E-state index is 12.8. The van der Waals surface area contributed by atoms with Crippen molar-refractivity contribution in [3.8, 4) is 0 Å². The minimum atomic E-state index is -0.0840. The molecule has 164 valence electrons. The van der Waals surface area contributed by atoms with E-state index in [0.29, 0.717) is 12.0 Å². The molecule has 2 saturated heterocycles. The van der Waals surface area contributed by atoms with Gasteiger partial charge >= 0.3 is 0 Å². The van der Waals surface area contributed by atoms with Crippen molar-refractivity contribution >= 4 is 30.7 Å². The molecule has 5 nitrogen and oxygen atoms in total. The summed E-state index contributed by atoms with van der Waals surface area (Å²) in [5, 5.41) is 10.5. The van der Waals surface area contributed by atoms with Crippen LogP contribution in [0.5, 0.6) is 0 Å². The van der Waals surface area contributed by atoms with Crippen molar-refractivity contribution in [1.82, 2.24) is 16.0 Å². The van der Waals surface area contributed by atoms with Gasteiger partial charge in [-0.05, 0) is 63.1 Å². The summed E-state index contributed by atoms with van der Waals surface area (Å²) in [6.45, 7) is 6.52. The second-order valence-electron chi connectivity index (χ2n) is 8.76. The van der Waals surface area contributed by atoms with E-state index in [4.69, 9.17) is 4.74 Å². The molecule has 4 rings (SSSR count). The molecule has 3 aliphatic rings. The normalized spacial score (nSPS) is 25.2. The van der Waals surface area contributed by atoms with Crippen molar-refractivity contribution in [3.05, 3.63) is 35.9 Å². The smallest absolute Gasteiger partial charge is 0.223 e. The number of rotatable bonds is 6. The van der Waals surface area contributed by atoms with Gasteiger partial charge < -0.3 is 20.7 Å². The number of amides is 1. The molecule has 7 heteroatoms. The molecule has 1 spiro atoms. The third-order valence-corrected chi connectivity index (χ3v) is 6.98. The molecular formula is C22H35Cl2N3O2. The summed E-state index contributed by atoms with van der Waals surface area (Å²) in [5.41, 5.74) is 1.49. The molecule has 0 aromatic heterocycles. The molecule has 0 bridgehead atoms. The van der Waals surface area contributed by atoms with E-state index in [1.807, 2.05) is 6.07 Å². The first-order valence-corrected chi connectivity index (χ1v) is 10.5. The number of carbonyl (C=O) groups is 1. The molecule has 1 saturated carbocycles. The molecule has 0 radical (unpaired) electrons. The minimum absolute atomic E-state index is 0. The van der Waals surface area contributed by atoms with Gasteiger partial charge in [0.15, 0.2) is 0 Å². The summed E-state index contributed by atoms with van der Waals surface area (Å²) in [4.78, 5) is 12.8. The van der Waals surface area contributed by atoms with Crippen LogP contribution >= 0.6 is 24.8 Å². The van der Waals surface area contributed by atoms with Gasteiger partial charge in [-0.3, -0.25) is 4.79 Å². The Balaban J connectivity index is 0.00000150. The fraction of sp³-hybridized carbons (Fsp3) is 0.682. The Morgan fingerprint density at radius 1 is 1.14 bits per heavy atom. The lowest BCUT2D eigenvalue weighted by Gasteiger charge is -2.40. The lowest BCUT2D eigenvalue weighted by atomic mass is 9.87. The van der Waals surface area contributed by atoms with E-state index in [9.17, 15) is 4.79 Å².